The van der Waals surface area contributed by atoms with Crippen LogP contribution in [-0.2, 0) is 0 Å². The highest BCUT2D eigenvalue weighted by Gasteiger charge is 2.20. The molecule has 1 fully saturated rings. The molecule has 1 aliphatic rings. The summed E-state index contributed by atoms with van der Waals surface area (Å²) in [6.45, 7) is 0. The SMILES string of the molecule is CSc1cc(=NC2CC2)n2ncc(=Cc3[nH]c(=O)[nH]c3O)c2n1. The Morgan fingerprint density at radius 3 is 2.96 bits per heavy atom. The van der Waals surface area contributed by atoms with Gasteiger partial charge in [-0.2, -0.15) is 9.61 Å². The number of thioether (sulfide) groups is 1. The molecule has 9 heteroatoms. The quantitative estimate of drug-likeness (QED) is 0.454. The van der Waals surface area contributed by atoms with Crippen molar-refractivity contribution in [3.05, 3.63) is 39.1 Å². The minimum atomic E-state index is -0.465. The Kier molecular flexibility index (Phi) is 3.22. The van der Waals surface area contributed by atoms with Crippen molar-refractivity contribution < 1.29 is 5.11 Å². The molecule has 0 bridgehead atoms. The lowest BCUT2D eigenvalue weighted by atomic mass is 10.3. The normalized spacial score (nSPS) is 16.6. The summed E-state index contributed by atoms with van der Waals surface area (Å²) in [4.78, 5) is 25.3. The van der Waals surface area contributed by atoms with E-state index in [1.54, 1.807) is 16.8 Å². The van der Waals surface area contributed by atoms with Crippen molar-refractivity contribution in [1.82, 2.24) is 24.6 Å². The van der Waals surface area contributed by atoms with E-state index in [0.29, 0.717) is 22.6 Å². The summed E-state index contributed by atoms with van der Waals surface area (Å²) in [5.74, 6) is -0.210. The van der Waals surface area contributed by atoms with Crippen LogP contribution in [0.25, 0.3) is 11.7 Å². The molecule has 1 aliphatic carbocycles. The summed E-state index contributed by atoms with van der Waals surface area (Å²) >= 11 is 1.53. The van der Waals surface area contributed by atoms with Gasteiger partial charge in [0.1, 0.15) is 10.7 Å². The molecule has 3 N–H and O–H groups in total. The van der Waals surface area contributed by atoms with Gasteiger partial charge in [-0.25, -0.2) is 9.78 Å². The van der Waals surface area contributed by atoms with E-state index in [0.717, 1.165) is 23.4 Å². The van der Waals surface area contributed by atoms with E-state index >= 15 is 0 Å². The van der Waals surface area contributed by atoms with E-state index in [2.05, 4.69) is 25.0 Å². The van der Waals surface area contributed by atoms with Gasteiger partial charge in [0.15, 0.2) is 11.1 Å². The minimum absolute atomic E-state index is 0.210. The first-order chi connectivity index (χ1) is 11.1. The average molecular weight is 330 g/mol. The number of aromatic amines is 2. The Morgan fingerprint density at radius 2 is 2.30 bits per heavy atom. The molecular weight excluding hydrogens is 316 g/mol. The van der Waals surface area contributed by atoms with E-state index in [1.807, 2.05) is 12.3 Å². The molecular formula is C14H14N6O2S. The van der Waals surface area contributed by atoms with Gasteiger partial charge in [-0.3, -0.25) is 9.98 Å². The number of fused-ring (bicyclic) bond motifs is 1. The van der Waals surface area contributed by atoms with Crippen LogP contribution in [0.3, 0.4) is 0 Å². The second-order valence-electron chi connectivity index (χ2n) is 5.34. The number of hydrogen-bond acceptors (Lipinski definition) is 6. The zero-order valence-electron chi connectivity index (χ0n) is 12.3. The Labute approximate surface area is 134 Å². The van der Waals surface area contributed by atoms with Crippen LogP contribution in [0.4, 0.5) is 0 Å². The fourth-order valence-electron chi connectivity index (χ4n) is 2.28. The molecule has 0 radical (unpaired) electrons. The fourth-order valence-corrected chi connectivity index (χ4v) is 2.68. The summed E-state index contributed by atoms with van der Waals surface area (Å²) in [5, 5.41) is 15.6. The van der Waals surface area contributed by atoms with Crippen LogP contribution in [0.2, 0.25) is 0 Å². The highest BCUT2D eigenvalue weighted by Crippen LogP contribution is 2.22. The second-order valence-corrected chi connectivity index (χ2v) is 6.16. The molecule has 0 atom stereocenters. The molecule has 3 aromatic rings. The monoisotopic (exact) mass is 330 g/mol. The third kappa shape index (κ3) is 2.63. The first kappa shape index (κ1) is 14.1. The van der Waals surface area contributed by atoms with Gasteiger partial charge >= 0.3 is 5.69 Å². The molecule has 0 saturated heterocycles. The van der Waals surface area contributed by atoms with Crippen LogP contribution >= 0.6 is 11.8 Å². The number of imidazole rings is 1. The van der Waals surface area contributed by atoms with Crippen LogP contribution in [0.15, 0.2) is 27.1 Å². The van der Waals surface area contributed by atoms with Crippen molar-refractivity contribution in [2.75, 3.05) is 6.26 Å². The molecule has 23 heavy (non-hydrogen) atoms. The Hall–Kier alpha value is -2.55. The van der Waals surface area contributed by atoms with Gasteiger partial charge in [0.25, 0.3) is 0 Å². The smallest absolute Gasteiger partial charge is 0.326 e. The van der Waals surface area contributed by atoms with E-state index in [4.69, 9.17) is 0 Å². The van der Waals surface area contributed by atoms with Crippen molar-refractivity contribution in [2.45, 2.75) is 23.9 Å². The van der Waals surface area contributed by atoms with Crippen molar-refractivity contribution in [3.63, 3.8) is 0 Å². The van der Waals surface area contributed by atoms with E-state index < -0.39 is 5.69 Å². The summed E-state index contributed by atoms with van der Waals surface area (Å²) in [6.07, 6.45) is 7.44. The van der Waals surface area contributed by atoms with Gasteiger partial charge in [-0.15, -0.1) is 11.8 Å². The highest BCUT2D eigenvalue weighted by molar-refractivity contribution is 7.98. The lowest BCUT2D eigenvalue weighted by Gasteiger charge is -1.99. The lowest BCUT2D eigenvalue weighted by molar-refractivity contribution is 0.454. The number of hydrogen-bond donors (Lipinski definition) is 3. The molecule has 3 aromatic heterocycles. The number of nitrogens with one attached hydrogen (secondary N) is 2. The Morgan fingerprint density at radius 1 is 1.48 bits per heavy atom. The largest absolute Gasteiger partial charge is 0.493 e. The molecule has 4 rings (SSSR count). The summed E-state index contributed by atoms with van der Waals surface area (Å²) in [7, 11) is 0. The van der Waals surface area contributed by atoms with Gasteiger partial charge in [0, 0.05) is 11.3 Å². The molecule has 0 aliphatic heterocycles. The summed E-state index contributed by atoms with van der Waals surface area (Å²) in [5.41, 5.74) is 1.24. The highest BCUT2D eigenvalue weighted by atomic mass is 32.2. The maximum absolute atomic E-state index is 11.2. The minimum Gasteiger partial charge on any atom is -0.493 e. The van der Waals surface area contributed by atoms with Gasteiger partial charge in [0.2, 0.25) is 5.88 Å². The number of aromatic hydroxyl groups is 1. The van der Waals surface area contributed by atoms with Crippen LogP contribution in [0.1, 0.15) is 18.5 Å². The zero-order valence-corrected chi connectivity index (χ0v) is 13.1. The first-order valence-electron chi connectivity index (χ1n) is 7.13. The molecule has 3 heterocycles. The zero-order chi connectivity index (χ0) is 16.0. The van der Waals surface area contributed by atoms with Crippen LogP contribution < -0.4 is 16.4 Å². The molecule has 0 spiro atoms. The number of nitrogens with zero attached hydrogens (tertiary/aromatic N) is 4. The van der Waals surface area contributed by atoms with Crippen molar-refractivity contribution in [3.8, 4) is 5.88 Å². The Balaban J connectivity index is 1.98. The number of aromatic nitrogens is 5. The van der Waals surface area contributed by atoms with Gasteiger partial charge < -0.3 is 10.1 Å². The van der Waals surface area contributed by atoms with Gasteiger partial charge in [-0.1, -0.05) is 0 Å². The molecule has 118 valence electrons. The molecule has 0 unspecified atom stereocenters. The third-order valence-corrected chi connectivity index (χ3v) is 4.19. The maximum Gasteiger partial charge on any atom is 0.326 e. The number of rotatable bonds is 3. The molecule has 1 saturated carbocycles. The fraction of sp³-hybridized carbons (Fsp3) is 0.286. The van der Waals surface area contributed by atoms with E-state index in [9.17, 15) is 9.90 Å². The standard InChI is InChI=1S/C14H14N6O2S/c1-23-11-5-10(16-8-2-3-8)20-12(18-11)7(6-15-20)4-9-13(21)19-14(22)17-9/h4-6,8,21H,2-3H2,1H3,(H2,17,19,22). The molecule has 8 nitrogen and oxygen atoms in total. The van der Waals surface area contributed by atoms with Gasteiger partial charge in [-0.05, 0) is 25.2 Å². The van der Waals surface area contributed by atoms with Crippen molar-refractivity contribution in [1.29, 1.82) is 0 Å². The van der Waals surface area contributed by atoms with Gasteiger partial charge in [0.05, 0.1) is 12.2 Å². The third-order valence-electron chi connectivity index (χ3n) is 3.56. The van der Waals surface area contributed by atoms with Crippen molar-refractivity contribution in [2.24, 2.45) is 4.99 Å². The van der Waals surface area contributed by atoms with Crippen LogP contribution in [0.5, 0.6) is 5.88 Å². The Bertz CT molecular complexity index is 1060. The maximum atomic E-state index is 11.2. The van der Waals surface area contributed by atoms with Crippen LogP contribution in [0, 0.1) is 0 Å². The van der Waals surface area contributed by atoms with E-state index in [-0.39, 0.29) is 5.88 Å². The predicted molar refractivity (Wildman–Crippen MR) is 85.2 cm³/mol. The summed E-state index contributed by atoms with van der Waals surface area (Å²) in [6, 6.07) is 2.29. The molecule has 0 amide bonds. The topological polar surface area (TPSA) is 111 Å². The average Bonchev–Trinajstić information content (AvgIpc) is 3.16. The molecule has 0 aromatic carbocycles. The summed E-state index contributed by atoms with van der Waals surface area (Å²) < 4.78 is 1.69. The lowest BCUT2D eigenvalue weighted by Crippen LogP contribution is -2.19. The second kappa shape index (κ2) is 5.27. The van der Waals surface area contributed by atoms with Crippen LogP contribution in [-0.4, -0.2) is 42.0 Å². The number of H-pyrrole nitrogens is 2. The van der Waals surface area contributed by atoms with Crippen molar-refractivity contribution >= 4 is 23.5 Å². The predicted octanol–water partition coefficient (Wildman–Crippen LogP) is -0.216. The first-order valence-corrected chi connectivity index (χ1v) is 8.36. The van der Waals surface area contributed by atoms with E-state index in [1.165, 1.54) is 11.8 Å².